The number of nitrogens with zero attached hydrogens (tertiary/aromatic N) is 3. The summed E-state index contributed by atoms with van der Waals surface area (Å²) in [7, 11) is 1.94. The Morgan fingerprint density at radius 1 is 1.13 bits per heavy atom. The van der Waals surface area contributed by atoms with Crippen LogP contribution in [0.2, 0.25) is 0 Å². The molecule has 0 fully saturated rings. The highest BCUT2D eigenvalue weighted by atomic mass is 16.5. The SMILES string of the molecule is Cc1cc(OCCCc2c(C(=O)O)n3c4c(cccc24)-c2c(C)nn(C)c2COCCCC3)cc(C)c1C. The number of aromatic nitrogens is 3. The fourth-order valence-electron chi connectivity index (χ4n) is 5.79. The first-order valence-corrected chi connectivity index (χ1v) is 13.5. The number of fused-ring (bicyclic) bond motifs is 2. The number of aryl methyl sites for hydroxylation is 6. The molecule has 1 aliphatic heterocycles. The van der Waals surface area contributed by atoms with E-state index in [9.17, 15) is 9.90 Å². The zero-order chi connectivity index (χ0) is 27.0. The zero-order valence-electron chi connectivity index (χ0n) is 23.1. The summed E-state index contributed by atoms with van der Waals surface area (Å²) < 4.78 is 16.0. The molecule has 1 aliphatic rings. The average Bonchev–Trinajstić information content (AvgIpc) is 3.33. The van der Waals surface area contributed by atoms with Crippen molar-refractivity contribution in [2.45, 2.75) is 66.5 Å². The minimum Gasteiger partial charge on any atom is -0.494 e. The molecule has 7 nitrogen and oxygen atoms in total. The van der Waals surface area contributed by atoms with E-state index in [1.54, 1.807) is 0 Å². The molecule has 0 saturated heterocycles. The zero-order valence-corrected chi connectivity index (χ0v) is 23.1. The number of benzene rings is 2. The Morgan fingerprint density at radius 2 is 1.89 bits per heavy atom. The van der Waals surface area contributed by atoms with Crippen molar-refractivity contribution in [2.24, 2.45) is 7.05 Å². The lowest BCUT2D eigenvalue weighted by atomic mass is 9.98. The van der Waals surface area contributed by atoms with Gasteiger partial charge in [-0.1, -0.05) is 18.2 Å². The van der Waals surface area contributed by atoms with Crippen LogP contribution < -0.4 is 4.74 Å². The molecule has 0 atom stereocenters. The van der Waals surface area contributed by atoms with E-state index in [1.165, 1.54) is 16.7 Å². The number of para-hydroxylation sites is 1. The molecule has 2 aromatic heterocycles. The fourth-order valence-corrected chi connectivity index (χ4v) is 5.79. The van der Waals surface area contributed by atoms with E-state index in [2.05, 4.69) is 50.1 Å². The predicted molar refractivity (Wildman–Crippen MR) is 149 cm³/mol. The summed E-state index contributed by atoms with van der Waals surface area (Å²) in [5.74, 6) is -0.0212. The molecule has 0 unspecified atom stereocenters. The first-order chi connectivity index (χ1) is 18.3. The number of hydrogen-bond donors (Lipinski definition) is 1. The Labute approximate surface area is 224 Å². The Balaban J connectivity index is 1.55. The molecular weight excluding hydrogens is 478 g/mol. The smallest absolute Gasteiger partial charge is 0.352 e. The van der Waals surface area contributed by atoms with Crippen LogP contribution in [-0.4, -0.2) is 38.6 Å². The predicted octanol–water partition coefficient (Wildman–Crippen LogP) is 6.30. The van der Waals surface area contributed by atoms with Crippen LogP contribution in [0.5, 0.6) is 5.75 Å². The van der Waals surface area contributed by atoms with Crippen molar-refractivity contribution in [3.05, 3.63) is 69.7 Å². The summed E-state index contributed by atoms with van der Waals surface area (Å²) in [5.41, 5.74) is 9.94. The van der Waals surface area contributed by atoms with Crippen LogP contribution in [0.4, 0.5) is 0 Å². The molecule has 0 bridgehead atoms. The van der Waals surface area contributed by atoms with Crippen LogP contribution in [0.25, 0.3) is 22.0 Å². The van der Waals surface area contributed by atoms with Crippen molar-refractivity contribution in [1.29, 1.82) is 0 Å². The van der Waals surface area contributed by atoms with E-state index in [4.69, 9.17) is 9.47 Å². The first-order valence-electron chi connectivity index (χ1n) is 13.5. The molecule has 0 spiro atoms. The van der Waals surface area contributed by atoms with Gasteiger partial charge in [-0.25, -0.2) is 4.79 Å². The van der Waals surface area contributed by atoms with Crippen molar-refractivity contribution in [3.63, 3.8) is 0 Å². The highest BCUT2D eigenvalue weighted by molar-refractivity contribution is 6.04. The Hall–Kier alpha value is -3.58. The van der Waals surface area contributed by atoms with Crippen LogP contribution >= 0.6 is 0 Å². The second-order valence-corrected chi connectivity index (χ2v) is 10.4. The van der Waals surface area contributed by atoms with Crippen molar-refractivity contribution >= 4 is 16.9 Å². The van der Waals surface area contributed by atoms with Crippen LogP contribution in [0.15, 0.2) is 30.3 Å². The number of ether oxygens (including phenoxy) is 2. The largest absolute Gasteiger partial charge is 0.494 e. The lowest BCUT2D eigenvalue weighted by Crippen LogP contribution is -2.12. The van der Waals surface area contributed by atoms with Crippen molar-refractivity contribution < 1.29 is 19.4 Å². The topological polar surface area (TPSA) is 78.5 Å². The third-order valence-electron chi connectivity index (χ3n) is 7.90. The molecule has 7 heteroatoms. The van der Waals surface area contributed by atoms with Gasteiger partial charge in [0.2, 0.25) is 0 Å². The Kier molecular flexibility index (Phi) is 7.30. The van der Waals surface area contributed by atoms with E-state index < -0.39 is 5.97 Å². The lowest BCUT2D eigenvalue weighted by Gasteiger charge is -2.12. The number of hydrogen-bond acceptors (Lipinski definition) is 4. The number of carbonyl (C=O) groups is 1. The molecule has 5 rings (SSSR count). The molecule has 0 radical (unpaired) electrons. The lowest BCUT2D eigenvalue weighted by molar-refractivity contribution is 0.0683. The highest BCUT2D eigenvalue weighted by Gasteiger charge is 2.27. The number of carboxylic acids is 1. The van der Waals surface area contributed by atoms with Gasteiger partial charge in [-0.3, -0.25) is 4.68 Å². The number of aromatic carboxylic acids is 1. The molecule has 0 amide bonds. The summed E-state index contributed by atoms with van der Waals surface area (Å²) in [4.78, 5) is 12.7. The van der Waals surface area contributed by atoms with E-state index in [-0.39, 0.29) is 0 Å². The first kappa shape index (κ1) is 26.0. The van der Waals surface area contributed by atoms with Crippen molar-refractivity contribution in [2.75, 3.05) is 13.2 Å². The van der Waals surface area contributed by atoms with E-state index in [1.807, 2.05) is 29.3 Å². The number of rotatable bonds is 6. The molecule has 200 valence electrons. The van der Waals surface area contributed by atoms with Crippen LogP contribution in [0.1, 0.15) is 63.4 Å². The summed E-state index contributed by atoms with van der Waals surface area (Å²) >= 11 is 0. The van der Waals surface area contributed by atoms with Gasteiger partial charge in [-0.15, -0.1) is 0 Å². The van der Waals surface area contributed by atoms with Crippen LogP contribution in [-0.2, 0) is 31.4 Å². The van der Waals surface area contributed by atoms with Gasteiger partial charge in [-0.2, -0.15) is 5.10 Å². The summed E-state index contributed by atoms with van der Waals surface area (Å²) in [6.45, 7) is 10.6. The van der Waals surface area contributed by atoms with Gasteiger partial charge in [0.05, 0.1) is 30.1 Å². The minimum absolute atomic E-state index is 0.387. The summed E-state index contributed by atoms with van der Waals surface area (Å²) in [5, 5.41) is 16.1. The molecule has 2 aromatic carbocycles. The van der Waals surface area contributed by atoms with Gasteiger partial charge in [0.1, 0.15) is 11.4 Å². The normalized spacial score (nSPS) is 13.8. The quantitative estimate of drug-likeness (QED) is 0.305. The van der Waals surface area contributed by atoms with E-state index >= 15 is 0 Å². The second-order valence-electron chi connectivity index (χ2n) is 10.4. The van der Waals surface area contributed by atoms with Gasteiger partial charge in [0.25, 0.3) is 0 Å². The third kappa shape index (κ3) is 4.71. The molecule has 1 N–H and O–H groups in total. The highest BCUT2D eigenvalue weighted by Crippen LogP contribution is 2.38. The average molecular weight is 516 g/mol. The van der Waals surface area contributed by atoms with E-state index in [0.29, 0.717) is 38.5 Å². The minimum atomic E-state index is -0.887. The standard InChI is InChI=1S/C31H37N3O4/c1-19-16-23(17-20(2)21(19)3)38-15-9-12-25-24-10-8-11-26-28-22(4)32-33(5)27(28)18-37-14-7-6-13-34(29(24)26)30(25)31(35)36/h8,10-11,16-17H,6-7,9,12-15,18H2,1-5H3,(H,35,36). The molecular formula is C31H37N3O4. The van der Waals surface area contributed by atoms with Gasteiger partial charge < -0.3 is 19.1 Å². The molecule has 38 heavy (non-hydrogen) atoms. The maximum absolute atomic E-state index is 12.7. The van der Waals surface area contributed by atoms with Gasteiger partial charge in [0.15, 0.2) is 0 Å². The van der Waals surface area contributed by atoms with Gasteiger partial charge >= 0.3 is 5.97 Å². The van der Waals surface area contributed by atoms with Crippen LogP contribution in [0.3, 0.4) is 0 Å². The maximum Gasteiger partial charge on any atom is 0.352 e. The maximum atomic E-state index is 12.7. The third-order valence-corrected chi connectivity index (χ3v) is 7.90. The summed E-state index contributed by atoms with van der Waals surface area (Å²) in [6.07, 6.45) is 3.06. The monoisotopic (exact) mass is 515 g/mol. The van der Waals surface area contributed by atoms with Crippen LogP contribution in [0, 0.1) is 27.7 Å². The fraction of sp³-hybridized carbons (Fsp3) is 0.419. The Bertz CT molecular complexity index is 1490. The van der Waals surface area contributed by atoms with Gasteiger partial charge in [0, 0.05) is 36.7 Å². The van der Waals surface area contributed by atoms with Crippen molar-refractivity contribution in [1.82, 2.24) is 14.3 Å². The molecule has 4 aromatic rings. The number of carboxylic acid groups (broad SMARTS) is 1. The summed E-state index contributed by atoms with van der Waals surface area (Å²) in [6, 6.07) is 10.3. The molecule has 3 heterocycles. The second kappa shape index (κ2) is 10.7. The van der Waals surface area contributed by atoms with Gasteiger partial charge in [-0.05, 0) is 87.8 Å². The molecule has 0 aliphatic carbocycles. The molecule has 0 saturated carbocycles. The Morgan fingerprint density at radius 3 is 2.63 bits per heavy atom. The van der Waals surface area contributed by atoms with E-state index in [0.717, 1.165) is 64.0 Å². The van der Waals surface area contributed by atoms with Crippen molar-refractivity contribution in [3.8, 4) is 16.9 Å².